The lowest BCUT2D eigenvalue weighted by Crippen LogP contribution is -2.62. The molecule has 26 heavy (non-hydrogen) atoms. The maximum atomic E-state index is 12.8. The zero-order chi connectivity index (χ0) is 18.8. The summed E-state index contributed by atoms with van der Waals surface area (Å²) in [5.74, 6) is -0.0656. The normalized spacial score (nSPS) is 25.0. The molecule has 0 saturated carbocycles. The lowest BCUT2D eigenvalue weighted by Gasteiger charge is -2.34. The number of alkyl halides is 3. The van der Waals surface area contributed by atoms with Crippen LogP contribution in [0, 0.1) is 0 Å². The van der Waals surface area contributed by atoms with Gasteiger partial charge in [-0.15, -0.1) is 0 Å². The molecule has 2 unspecified atom stereocenters. The topological polar surface area (TPSA) is 68.2 Å². The average molecular weight is 365 g/mol. The Bertz CT molecular complexity index is 862. The number of amides is 3. The van der Waals surface area contributed by atoms with Crippen LogP contribution >= 0.6 is 0 Å². The number of allylic oxidation sites excluding steroid dienone is 1. The Kier molecular flexibility index (Phi) is 3.30. The molecule has 2 atom stereocenters. The fourth-order valence-corrected chi connectivity index (χ4v) is 3.32. The second-order valence-corrected chi connectivity index (χ2v) is 6.25. The smallest absolute Gasteiger partial charge is 0.303 e. The first-order chi connectivity index (χ1) is 12.2. The van der Waals surface area contributed by atoms with Gasteiger partial charge in [-0.25, -0.2) is 9.79 Å². The molecule has 1 fully saturated rings. The molecule has 7 nitrogen and oxygen atoms in total. The van der Waals surface area contributed by atoms with Gasteiger partial charge in [0.15, 0.2) is 12.2 Å². The highest BCUT2D eigenvalue weighted by Gasteiger charge is 2.51. The molecule has 0 bridgehead atoms. The number of anilines is 1. The molecule has 0 aliphatic carbocycles. The number of hydrogen-bond donors (Lipinski definition) is 1. The van der Waals surface area contributed by atoms with Gasteiger partial charge in [-0.05, 0) is 31.2 Å². The zero-order valence-electron chi connectivity index (χ0n) is 13.8. The van der Waals surface area contributed by atoms with Crippen molar-refractivity contribution in [3.05, 3.63) is 41.7 Å². The summed E-state index contributed by atoms with van der Waals surface area (Å²) < 4.78 is 38.3. The van der Waals surface area contributed by atoms with Gasteiger partial charge in [0, 0.05) is 24.6 Å². The van der Waals surface area contributed by atoms with Crippen LogP contribution in [-0.2, 0) is 11.0 Å². The van der Waals surface area contributed by atoms with Gasteiger partial charge in [-0.1, -0.05) is 0 Å². The summed E-state index contributed by atoms with van der Waals surface area (Å²) in [6.07, 6.45) is -3.40. The van der Waals surface area contributed by atoms with Crippen molar-refractivity contribution < 1.29 is 22.8 Å². The Morgan fingerprint density at radius 3 is 2.42 bits per heavy atom. The van der Waals surface area contributed by atoms with Crippen LogP contribution in [0.1, 0.15) is 12.5 Å². The molecule has 1 aromatic rings. The van der Waals surface area contributed by atoms with Crippen molar-refractivity contribution in [2.75, 3.05) is 11.9 Å². The van der Waals surface area contributed by atoms with E-state index in [0.717, 1.165) is 12.1 Å². The van der Waals surface area contributed by atoms with Crippen LogP contribution < -0.4 is 10.2 Å². The number of carbonyl (C=O) groups is 2. The maximum Gasteiger partial charge on any atom is 0.416 e. The van der Waals surface area contributed by atoms with E-state index in [4.69, 9.17) is 0 Å². The van der Waals surface area contributed by atoms with Gasteiger partial charge in [0.05, 0.1) is 5.56 Å². The summed E-state index contributed by atoms with van der Waals surface area (Å²) in [6.45, 7) is 1.77. The van der Waals surface area contributed by atoms with Crippen LogP contribution in [0.4, 0.5) is 23.7 Å². The van der Waals surface area contributed by atoms with E-state index in [2.05, 4.69) is 10.3 Å². The first-order valence-electron chi connectivity index (χ1n) is 7.78. The van der Waals surface area contributed by atoms with Crippen molar-refractivity contribution in [3.63, 3.8) is 0 Å². The highest BCUT2D eigenvalue weighted by molar-refractivity contribution is 6.09. The SMILES string of the molecule is CC1=CN2C(=NC3C2C(=O)NC(=O)N3C)N1c1ccc(C(F)(F)F)cc1. The van der Waals surface area contributed by atoms with E-state index in [1.54, 1.807) is 22.9 Å². The molecular weight excluding hydrogens is 351 g/mol. The minimum atomic E-state index is -4.42. The van der Waals surface area contributed by atoms with Gasteiger partial charge in [0.2, 0.25) is 5.96 Å². The van der Waals surface area contributed by atoms with Gasteiger partial charge in [-0.3, -0.25) is 15.0 Å². The van der Waals surface area contributed by atoms with Crippen molar-refractivity contribution in [1.29, 1.82) is 0 Å². The predicted molar refractivity (Wildman–Crippen MR) is 85.8 cm³/mol. The van der Waals surface area contributed by atoms with E-state index in [1.165, 1.54) is 24.1 Å². The largest absolute Gasteiger partial charge is 0.416 e. The number of urea groups is 1. The van der Waals surface area contributed by atoms with E-state index in [9.17, 15) is 22.8 Å². The van der Waals surface area contributed by atoms with E-state index >= 15 is 0 Å². The number of likely N-dealkylation sites (N-methyl/N-ethyl adjacent to an activating group) is 1. The van der Waals surface area contributed by atoms with E-state index < -0.39 is 35.9 Å². The van der Waals surface area contributed by atoms with Crippen LogP contribution in [0.25, 0.3) is 0 Å². The highest BCUT2D eigenvalue weighted by Crippen LogP contribution is 2.36. The number of benzene rings is 1. The first kappa shape index (κ1) is 16.4. The van der Waals surface area contributed by atoms with Gasteiger partial charge in [0.25, 0.3) is 5.91 Å². The molecule has 3 aliphatic rings. The molecule has 1 saturated heterocycles. The molecule has 3 heterocycles. The zero-order valence-corrected chi connectivity index (χ0v) is 13.8. The number of guanidine groups is 1. The maximum absolute atomic E-state index is 12.8. The van der Waals surface area contributed by atoms with E-state index in [1.807, 2.05) is 0 Å². The molecule has 1 aromatic carbocycles. The standard InChI is InChI=1S/C16H14F3N5O2/c1-8-7-23-11-12(22(2)15(26)21-13(11)25)20-14(23)24(8)10-5-3-9(4-6-10)16(17,18)19/h3-7,11-12H,1-2H3,(H,21,25,26). The fourth-order valence-electron chi connectivity index (χ4n) is 3.32. The molecule has 0 aromatic heterocycles. The number of aliphatic imine (C=N–C) groups is 1. The van der Waals surface area contributed by atoms with Crippen LogP contribution in [0.5, 0.6) is 0 Å². The van der Waals surface area contributed by atoms with Crippen LogP contribution in [-0.4, -0.2) is 47.0 Å². The number of fused-ring (bicyclic) bond motifs is 3. The Morgan fingerprint density at radius 2 is 1.81 bits per heavy atom. The van der Waals surface area contributed by atoms with E-state index in [-0.39, 0.29) is 0 Å². The predicted octanol–water partition coefficient (Wildman–Crippen LogP) is 1.93. The summed E-state index contributed by atoms with van der Waals surface area (Å²) in [6, 6.07) is 3.45. The van der Waals surface area contributed by atoms with Crippen LogP contribution in [0.2, 0.25) is 0 Å². The second-order valence-electron chi connectivity index (χ2n) is 6.25. The molecule has 4 rings (SSSR count). The minimum Gasteiger partial charge on any atom is -0.303 e. The summed E-state index contributed by atoms with van der Waals surface area (Å²) >= 11 is 0. The van der Waals surface area contributed by atoms with Crippen molar-refractivity contribution in [1.82, 2.24) is 15.1 Å². The Hall–Kier alpha value is -3.04. The molecule has 0 spiro atoms. The minimum absolute atomic E-state index is 0.397. The van der Waals surface area contributed by atoms with Crippen molar-refractivity contribution in [2.24, 2.45) is 4.99 Å². The first-order valence-corrected chi connectivity index (χ1v) is 7.78. The number of hydrogen-bond acceptors (Lipinski definition) is 5. The number of halogens is 3. The Labute approximate surface area is 146 Å². The molecule has 10 heteroatoms. The molecule has 3 aliphatic heterocycles. The van der Waals surface area contributed by atoms with Crippen molar-refractivity contribution >= 4 is 23.6 Å². The molecule has 1 N–H and O–H groups in total. The summed E-state index contributed by atoms with van der Waals surface area (Å²) in [5, 5.41) is 2.27. The average Bonchev–Trinajstić information content (AvgIpc) is 3.06. The van der Waals surface area contributed by atoms with Crippen LogP contribution in [0.15, 0.2) is 41.2 Å². The molecular formula is C16H14F3N5O2. The second kappa shape index (κ2) is 5.23. The quantitative estimate of drug-likeness (QED) is 0.826. The monoisotopic (exact) mass is 365 g/mol. The lowest BCUT2D eigenvalue weighted by molar-refractivity contribution is -0.137. The van der Waals surface area contributed by atoms with E-state index in [0.29, 0.717) is 17.3 Å². The van der Waals surface area contributed by atoms with Crippen molar-refractivity contribution in [3.8, 4) is 0 Å². The third-order valence-corrected chi connectivity index (χ3v) is 4.61. The summed E-state index contributed by atoms with van der Waals surface area (Å²) in [4.78, 5) is 33.1. The number of nitrogens with zero attached hydrogens (tertiary/aromatic N) is 4. The third-order valence-electron chi connectivity index (χ3n) is 4.61. The number of nitrogens with one attached hydrogen (secondary N) is 1. The summed E-state index contributed by atoms with van der Waals surface area (Å²) in [5.41, 5.74) is 0.445. The van der Waals surface area contributed by atoms with Gasteiger partial charge < -0.3 is 9.80 Å². The number of rotatable bonds is 1. The van der Waals surface area contributed by atoms with Crippen molar-refractivity contribution in [2.45, 2.75) is 25.3 Å². The lowest BCUT2D eigenvalue weighted by atomic mass is 10.1. The fraction of sp³-hybridized carbons (Fsp3) is 0.312. The number of imide groups is 1. The molecule has 0 radical (unpaired) electrons. The summed E-state index contributed by atoms with van der Waals surface area (Å²) in [7, 11) is 1.53. The Balaban J connectivity index is 1.70. The van der Waals surface area contributed by atoms with Gasteiger partial charge >= 0.3 is 12.2 Å². The number of carbonyl (C=O) groups excluding carboxylic acids is 2. The molecule has 136 valence electrons. The van der Waals surface area contributed by atoms with Crippen LogP contribution in [0.3, 0.4) is 0 Å². The highest BCUT2D eigenvalue weighted by atomic mass is 19.4. The van der Waals surface area contributed by atoms with Gasteiger partial charge in [0.1, 0.15) is 0 Å². The third kappa shape index (κ3) is 2.25. The Morgan fingerprint density at radius 1 is 1.15 bits per heavy atom. The van der Waals surface area contributed by atoms with Gasteiger partial charge in [-0.2, -0.15) is 13.2 Å². The molecule has 3 amide bonds.